The van der Waals surface area contributed by atoms with Crippen molar-refractivity contribution in [1.82, 2.24) is 34.7 Å². The number of nitrogens with zero attached hydrogens (tertiary/aromatic N) is 7. The Morgan fingerprint density at radius 3 is 2.37 bits per heavy atom. The molecular formula is C43H53N11O5S. The molecule has 0 atom stereocenters. The zero-order valence-corrected chi connectivity index (χ0v) is 35.7. The Morgan fingerprint density at radius 1 is 0.900 bits per heavy atom. The van der Waals surface area contributed by atoms with E-state index in [-0.39, 0.29) is 34.8 Å². The van der Waals surface area contributed by atoms with Crippen LogP contribution in [-0.2, 0) is 9.53 Å². The van der Waals surface area contributed by atoms with Gasteiger partial charge < -0.3 is 25.6 Å². The number of aryl methyl sites for hydroxylation is 3. The molecule has 2 aliphatic rings. The van der Waals surface area contributed by atoms with E-state index in [1.54, 1.807) is 23.8 Å². The second kappa shape index (κ2) is 19.1. The summed E-state index contributed by atoms with van der Waals surface area (Å²) in [7, 11) is 0. The van der Waals surface area contributed by atoms with E-state index >= 15 is 0 Å². The molecule has 1 saturated heterocycles. The SMILES string of the molecule is CC(=O)c1c(C)c2cnc(Nc3ccc(N4CCN(CC(=O)NCCOCCNc5cccc(C(=O)Nc6nc(C)c(C)s6)c5C)CC4)cn3)nc2n(C2CCCC2)c1=O. The van der Waals surface area contributed by atoms with E-state index in [1.165, 1.54) is 18.3 Å². The molecule has 17 heteroatoms. The third-order valence-corrected chi connectivity index (χ3v) is 12.3. The van der Waals surface area contributed by atoms with Crippen molar-refractivity contribution in [2.45, 2.75) is 66.3 Å². The number of Topliss-reactive ketones (excluding diaryl/α,β-unsaturated/α-hetero) is 1. The number of rotatable bonds is 16. The van der Waals surface area contributed by atoms with Gasteiger partial charge in [0.05, 0.1) is 42.9 Å². The van der Waals surface area contributed by atoms with E-state index in [0.717, 1.165) is 79.4 Å². The number of ketones is 1. The third-order valence-electron chi connectivity index (χ3n) is 11.3. The number of ether oxygens (including phenoxy) is 1. The number of fused-ring (bicyclic) bond motifs is 1. The smallest absolute Gasteiger partial charge is 0.263 e. The monoisotopic (exact) mass is 835 g/mol. The molecule has 0 unspecified atom stereocenters. The molecule has 4 aromatic heterocycles. The molecular weight excluding hydrogens is 783 g/mol. The summed E-state index contributed by atoms with van der Waals surface area (Å²) in [6.45, 7) is 14.1. The number of pyridine rings is 2. The van der Waals surface area contributed by atoms with Gasteiger partial charge in [0.25, 0.3) is 11.5 Å². The van der Waals surface area contributed by atoms with Crippen molar-refractivity contribution in [2.24, 2.45) is 0 Å². The molecule has 5 heterocycles. The summed E-state index contributed by atoms with van der Waals surface area (Å²) in [4.78, 5) is 75.4. The molecule has 0 spiro atoms. The highest BCUT2D eigenvalue weighted by atomic mass is 32.1. The lowest BCUT2D eigenvalue weighted by Crippen LogP contribution is -2.49. The molecule has 16 nitrogen and oxygen atoms in total. The van der Waals surface area contributed by atoms with E-state index in [2.05, 4.69) is 46.0 Å². The quantitative estimate of drug-likeness (QED) is 0.0716. The molecule has 1 aromatic carbocycles. The van der Waals surface area contributed by atoms with Crippen LogP contribution < -0.4 is 31.7 Å². The summed E-state index contributed by atoms with van der Waals surface area (Å²) in [5.41, 5.74) is 5.24. The van der Waals surface area contributed by atoms with Crippen molar-refractivity contribution in [2.75, 3.05) is 79.9 Å². The van der Waals surface area contributed by atoms with Crippen LogP contribution >= 0.6 is 11.3 Å². The summed E-state index contributed by atoms with van der Waals surface area (Å²) in [6, 6.07) is 9.46. The van der Waals surface area contributed by atoms with Gasteiger partial charge in [0, 0.05) is 73.0 Å². The van der Waals surface area contributed by atoms with Gasteiger partial charge in [0.2, 0.25) is 11.9 Å². The summed E-state index contributed by atoms with van der Waals surface area (Å²) in [5.74, 6) is 0.415. The average Bonchev–Trinajstić information content (AvgIpc) is 3.87. The fourth-order valence-corrected chi connectivity index (χ4v) is 8.69. The largest absolute Gasteiger partial charge is 0.382 e. The molecule has 1 saturated carbocycles. The fraction of sp³-hybridized carbons (Fsp3) is 0.442. The van der Waals surface area contributed by atoms with E-state index in [0.29, 0.717) is 71.9 Å². The van der Waals surface area contributed by atoms with Crippen LogP contribution in [0.4, 0.5) is 28.3 Å². The first-order valence-electron chi connectivity index (χ1n) is 20.5. The lowest BCUT2D eigenvalue weighted by atomic mass is 10.0. The maximum atomic E-state index is 13.6. The van der Waals surface area contributed by atoms with Gasteiger partial charge in [-0.2, -0.15) is 4.98 Å². The summed E-state index contributed by atoms with van der Waals surface area (Å²) < 4.78 is 7.45. The van der Waals surface area contributed by atoms with Crippen molar-refractivity contribution in [1.29, 1.82) is 0 Å². The molecule has 1 aliphatic carbocycles. The molecule has 0 radical (unpaired) electrons. The van der Waals surface area contributed by atoms with Gasteiger partial charge >= 0.3 is 0 Å². The minimum absolute atomic E-state index is 0.00161. The Labute approximate surface area is 353 Å². The second-order valence-electron chi connectivity index (χ2n) is 15.4. The first kappa shape index (κ1) is 42.3. The highest BCUT2D eigenvalue weighted by Crippen LogP contribution is 2.32. The topological polar surface area (TPSA) is 189 Å². The van der Waals surface area contributed by atoms with Crippen LogP contribution in [0.15, 0.2) is 47.5 Å². The van der Waals surface area contributed by atoms with E-state index < -0.39 is 0 Å². The Bertz CT molecular complexity index is 2400. The van der Waals surface area contributed by atoms with Crippen LogP contribution in [0, 0.1) is 27.7 Å². The zero-order valence-electron chi connectivity index (χ0n) is 34.9. The zero-order chi connectivity index (χ0) is 42.3. The number of nitrogens with one attached hydrogen (secondary N) is 4. The van der Waals surface area contributed by atoms with Gasteiger partial charge in [-0.15, -0.1) is 11.3 Å². The summed E-state index contributed by atoms with van der Waals surface area (Å²) in [6.07, 6.45) is 7.31. The predicted molar refractivity (Wildman–Crippen MR) is 235 cm³/mol. The number of benzene rings is 1. The highest BCUT2D eigenvalue weighted by molar-refractivity contribution is 7.15. The standard InChI is InChI=1S/C43H53N11O5S/c1-26-33(40(57)51-43-48-28(3)30(5)60-43)11-8-12-35(26)44-15-21-59-22-16-45-37(56)25-52-17-19-53(20-18-52)32-13-14-36(46-23-32)49-42-47-24-34-27(2)38(29(4)55)41(58)54(39(34)50-42)31-9-6-7-10-31/h8,11-14,23-24,31,44H,6-7,9-10,15-22,25H2,1-5H3,(H,45,56)(H,48,51,57)(H,46,47,49,50). The molecule has 2 amide bonds. The summed E-state index contributed by atoms with van der Waals surface area (Å²) in [5, 5.41) is 13.7. The number of thiazole rings is 1. The number of amides is 2. The minimum Gasteiger partial charge on any atom is -0.382 e. The van der Waals surface area contributed by atoms with Crippen molar-refractivity contribution in [3.63, 3.8) is 0 Å². The maximum Gasteiger partial charge on any atom is 0.263 e. The Hall–Kier alpha value is -5.78. The van der Waals surface area contributed by atoms with Gasteiger partial charge in [0.1, 0.15) is 11.5 Å². The number of piperazine rings is 1. The third kappa shape index (κ3) is 9.80. The number of hydrogen-bond donors (Lipinski definition) is 4. The first-order chi connectivity index (χ1) is 29.0. The Kier molecular flexibility index (Phi) is 13.5. The van der Waals surface area contributed by atoms with Crippen LogP contribution in [0.3, 0.4) is 0 Å². The number of aromatic nitrogens is 5. The molecule has 5 aromatic rings. The van der Waals surface area contributed by atoms with Gasteiger partial charge in [-0.1, -0.05) is 18.9 Å². The van der Waals surface area contributed by atoms with E-state index in [9.17, 15) is 19.2 Å². The number of hydrogen-bond acceptors (Lipinski definition) is 14. The average molecular weight is 836 g/mol. The van der Waals surface area contributed by atoms with E-state index in [1.807, 2.05) is 51.2 Å². The fourth-order valence-electron chi connectivity index (χ4n) is 7.88. The van der Waals surface area contributed by atoms with Crippen LogP contribution in [0.1, 0.15) is 81.1 Å². The van der Waals surface area contributed by atoms with Crippen LogP contribution in [0.25, 0.3) is 11.0 Å². The predicted octanol–water partition coefficient (Wildman–Crippen LogP) is 5.56. The molecule has 0 bridgehead atoms. The highest BCUT2D eigenvalue weighted by Gasteiger charge is 2.26. The molecule has 4 N–H and O–H groups in total. The van der Waals surface area contributed by atoms with Crippen molar-refractivity contribution in [3.05, 3.63) is 85.9 Å². The summed E-state index contributed by atoms with van der Waals surface area (Å²) >= 11 is 1.46. The van der Waals surface area contributed by atoms with Gasteiger partial charge in [0.15, 0.2) is 10.9 Å². The van der Waals surface area contributed by atoms with Gasteiger partial charge in [-0.25, -0.2) is 15.0 Å². The van der Waals surface area contributed by atoms with Crippen LogP contribution in [0.2, 0.25) is 0 Å². The number of carbonyl (C=O) groups excluding carboxylic acids is 3. The maximum absolute atomic E-state index is 13.6. The molecule has 316 valence electrons. The normalized spacial score (nSPS) is 14.7. The molecule has 60 heavy (non-hydrogen) atoms. The number of carbonyl (C=O) groups is 3. The van der Waals surface area contributed by atoms with Crippen molar-refractivity contribution < 1.29 is 19.1 Å². The lowest BCUT2D eigenvalue weighted by molar-refractivity contribution is -0.122. The van der Waals surface area contributed by atoms with Gasteiger partial charge in [-0.05, 0) is 82.9 Å². The lowest BCUT2D eigenvalue weighted by Gasteiger charge is -2.35. The first-order valence-corrected chi connectivity index (χ1v) is 21.3. The van der Waals surface area contributed by atoms with E-state index in [4.69, 9.17) is 9.72 Å². The minimum atomic E-state index is -0.282. The van der Waals surface area contributed by atoms with Crippen molar-refractivity contribution >= 4 is 68.2 Å². The van der Waals surface area contributed by atoms with Crippen LogP contribution in [-0.4, -0.2) is 106 Å². The van der Waals surface area contributed by atoms with Gasteiger partial charge in [-0.3, -0.25) is 34.0 Å². The Morgan fingerprint density at radius 2 is 1.67 bits per heavy atom. The second-order valence-corrected chi connectivity index (χ2v) is 16.6. The Balaban J connectivity index is 0.815. The van der Waals surface area contributed by atoms with Crippen LogP contribution in [0.5, 0.6) is 0 Å². The molecule has 1 aliphatic heterocycles. The number of anilines is 5. The molecule has 2 fully saturated rings. The molecule has 7 rings (SSSR count). The van der Waals surface area contributed by atoms with Crippen molar-refractivity contribution in [3.8, 4) is 0 Å².